The molecule has 2 aromatic heterocycles. The number of aryl methyl sites for hydroxylation is 1. The quantitative estimate of drug-likeness (QED) is 0.675. The van der Waals surface area contributed by atoms with Crippen molar-refractivity contribution in [1.29, 1.82) is 0 Å². The monoisotopic (exact) mass is 403 g/mol. The van der Waals surface area contributed by atoms with Crippen molar-refractivity contribution in [2.45, 2.75) is 6.92 Å². The van der Waals surface area contributed by atoms with Gasteiger partial charge in [0.15, 0.2) is 5.69 Å². The summed E-state index contributed by atoms with van der Waals surface area (Å²) < 4.78 is 6.10. The van der Waals surface area contributed by atoms with Crippen LogP contribution in [-0.4, -0.2) is 28.8 Å². The van der Waals surface area contributed by atoms with E-state index in [1.54, 1.807) is 42.6 Å². The minimum Gasteiger partial charge on any atom is -0.465 e. The molecule has 1 N–H and O–H groups in total. The molecule has 0 radical (unpaired) electrons. The molecular formula is C18H14ClN3O4S. The lowest BCUT2D eigenvalue weighted by atomic mass is 10.2. The van der Waals surface area contributed by atoms with Crippen LogP contribution in [-0.2, 0) is 4.74 Å². The first-order valence-corrected chi connectivity index (χ1v) is 9.01. The fourth-order valence-electron chi connectivity index (χ4n) is 2.41. The zero-order valence-corrected chi connectivity index (χ0v) is 15.9. The number of aromatic nitrogens is 2. The Kier molecular flexibility index (Phi) is 5.38. The molecule has 2 heterocycles. The zero-order valence-electron chi connectivity index (χ0n) is 14.4. The topological polar surface area (TPSA) is 90.3 Å². The van der Waals surface area contributed by atoms with Crippen LogP contribution >= 0.6 is 22.9 Å². The molecule has 3 aromatic rings. The summed E-state index contributed by atoms with van der Waals surface area (Å²) in [6.07, 6.45) is 0. The SMILES string of the molecule is COC(=O)c1sccc1NC(=O)c1nn(-c2ccccc2Cl)c(C)cc1=O. The molecule has 138 valence electrons. The first-order valence-electron chi connectivity index (χ1n) is 7.75. The predicted octanol–water partition coefficient (Wildman–Crippen LogP) is 3.29. The Morgan fingerprint density at radius 3 is 2.70 bits per heavy atom. The molecule has 0 aliphatic carbocycles. The number of ether oxygens (including phenoxy) is 1. The van der Waals surface area contributed by atoms with Crippen molar-refractivity contribution in [3.63, 3.8) is 0 Å². The Balaban J connectivity index is 2.00. The maximum absolute atomic E-state index is 12.6. The number of methoxy groups -OCH3 is 1. The molecule has 0 aliphatic heterocycles. The molecule has 0 saturated heterocycles. The van der Waals surface area contributed by atoms with E-state index in [1.165, 1.54) is 17.9 Å². The largest absolute Gasteiger partial charge is 0.465 e. The molecule has 0 fully saturated rings. The first kappa shape index (κ1) is 18.8. The third kappa shape index (κ3) is 3.76. The van der Waals surface area contributed by atoms with Gasteiger partial charge >= 0.3 is 5.97 Å². The molecule has 0 aliphatic rings. The van der Waals surface area contributed by atoms with E-state index in [0.717, 1.165) is 11.3 Å². The summed E-state index contributed by atoms with van der Waals surface area (Å²) in [7, 11) is 1.25. The van der Waals surface area contributed by atoms with Crippen LogP contribution in [0.25, 0.3) is 5.69 Å². The lowest BCUT2D eigenvalue weighted by Gasteiger charge is -2.12. The van der Waals surface area contributed by atoms with Gasteiger partial charge in [-0.15, -0.1) is 11.3 Å². The van der Waals surface area contributed by atoms with E-state index in [9.17, 15) is 14.4 Å². The summed E-state index contributed by atoms with van der Waals surface area (Å²) in [6.45, 7) is 1.69. The Bertz CT molecular complexity index is 1090. The van der Waals surface area contributed by atoms with Gasteiger partial charge in [0.1, 0.15) is 4.88 Å². The molecule has 27 heavy (non-hydrogen) atoms. The van der Waals surface area contributed by atoms with Crippen molar-refractivity contribution < 1.29 is 14.3 Å². The molecule has 0 bridgehead atoms. The van der Waals surface area contributed by atoms with Crippen LogP contribution in [0.4, 0.5) is 5.69 Å². The summed E-state index contributed by atoms with van der Waals surface area (Å²) in [5, 5.41) is 8.77. The number of hydrogen-bond acceptors (Lipinski definition) is 6. The van der Waals surface area contributed by atoms with Gasteiger partial charge in [0.2, 0.25) is 5.43 Å². The number of carbonyl (C=O) groups is 2. The van der Waals surface area contributed by atoms with Gasteiger partial charge in [-0.3, -0.25) is 9.59 Å². The van der Waals surface area contributed by atoms with E-state index in [-0.39, 0.29) is 16.3 Å². The smallest absolute Gasteiger partial charge is 0.350 e. The van der Waals surface area contributed by atoms with Gasteiger partial charge in [-0.25, -0.2) is 9.48 Å². The molecule has 1 aromatic carbocycles. The number of thiophene rings is 1. The third-order valence-corrected chi connectivity index (χ3v) is 4.90. The number of carbonyl (C=O) groups excluding carboxylic acids is 2. The number of rotatable bonds is 4. The second kappa shape index (κ2) is 7.73. The van der Waals surface area contributed by atoms with Crippen LogP contribution in [0.15, 0.2) is 46.6 Å². The predicted molar refractivity (Wildman–Crippen MR) is 103 cm³/mol. The maximum atomic E-state index is 12.6. The molecule has 1 amide bonds. The lowest BCUT2D eigenvalue weighted by Crippen LogP contribution is -2.27. The van der Waals surface area contributed by atoms with Gasteiger partial charge in [-0.05, 0) is 30.5 Å². The standard InChI is InChI=1S/C18H14ClN3O4S/c1-10-9-14(23)15(21-22(10)13-6-4-3-5-11(13)19)17(24)20-12-7-8-27-16(12)18(25)26-2/h3-9H,1-2H3,(H,20,24). The molecule has 0 spiro atoms. The minimum atomic E-state index is -0.732. The normalized spacial score (nSPS) is 10.5. The summed E-state index contributed by atoms with van der Waals surface area (Å²) in [5.74, 6) is -1.31. The zero-order chi connectivity index (χ0) is 19.6. The summed E-state index contributed by atoms with van der Waals surface area (Å²) in [4.78, 5) is 36.9. The second-order valence-electron chi connectivity index (χ2n) is 5.47. The van der Waals surface area contributed by atoms with Crippen molar-refractivity contribution in [2.24, 2.45) is 0 Å². The number of esters is 1. The molecule has 7 nitrogen and oxygen atoms in total. The first-order chi connectivity index (χ1) is 12.9. The highest BCUT2D eigenvalue weighted by molar-refractivity contribution is 7.12. The summed E-state index contributed by atoms with van der Waals surface area (Å²) >= 11 is 7.32. The Morgan fingerprint density at radius 1 is 1.26 bits per heavy atom. The van der Waals surface area contributed by atoms with E-state index in [0.29, 0.717) is 16.4 Å². The van der Waals surface area contributed by atoms with Crippen LogP contribution in [0.1, 0.15) is 25.9 Å². The van der Waals surface area contributed by atoms with Crippen molar-refractivity contribution in [2.75, 3.05) is 12.4 Å². The molecule has 0 atom stereocenters. The van der Waals surface area contributed by atoms with Crippen LogP contribution in [0.5, 0.6) is 0 Å². The summed E-state index contributed by atoms with van der Waals surface area (Å²) in [6, 6.07) is 9.80. The number of benzene rings is 1. The van der Waals surface area contributed by atoms with Crippen molar-refractivity contribution in [3.8, 4) is 5.69 Å². The highest BCUT2D eigenvalue weighted by atomic mass is 35.5. The van der Waals surface area contributed by atoms with E-state index in [2.05, 4.69) is 15.2 Å². The second-order valence-corrected chi connectivity index (χ2v) is 6.79. The average Bonchev–Trinajstić information content (AvgIpc) is 3.10. The number of nitrogens with zero attached hydrogens (tertiary/aromatic N) is 2. The number of hydrogen-bond donors (Lipinski definition) is 1. The van der Waals surface area contributed by atoms with E-state index in [1.807, 2.05) is 0 Å². The molecule has 9 heteroatoms. The minimum absolute atomic E-state index is 0.226. The fourth-order valence-corrected chi connectivity index (χ4v) is 3.39. The highest BCUT2D eigenvalue weighted by Crippen LogP contribution is 2.24. The molecular weight excluding hydrogens is 390 g/mol. The average molecular weight is 404 g/mol. The van der Waals surface area contributed by atoms with Crippen molar-refractivity contribution in [3.05, 3.63) is 73.3 Å². The number of halogens is 1. The molecule has 3 rings (SSSR count). The highest BCUT2D eigenvalue weighted by Gasteiger charge is 2.20. The van der Waals surface area contributed by atoms with Gasteiger partial charge in [0, 0.05) is 11.8 Å². The Hall–Kier alpha value is -2.97. The van der Waals surface area contributed by atoms with Crippen LogP contribution in [0, 0.1) is 6.92 Å². The van der Waals surface area contributed by atoms with Gasteiger partial charge in [-0.2, -0.15) is 5.10 Å². The van der Waals surface area contributed by atoms with Crippen molar-refractivity contribution >= 4 is 40.5 Å². The van der Waals surface area contributed by atoms with Crippen molar-refractivity contribution in [1.82, 2.24) is 9.78 Å². The van der Waals surface area contributed by atoms with Gasteiger partial charge in [-0.1, -0.05) is 23.7 Å². The third-order valence-electron chi connectivity index (χ3n) is 3.69. The number of anilines is 1. The number of amides is 1. The van der Waals surface area contributed by atoms with Gasteiger partial charge in [0.25, 0.3) is 5.91 Å². The van der Waals surface area contributed by atoms with Crippen LogP contribution in [0.2, 0.25) is 5.02 Å². The van der Waals surface area contributed by atoms with E-state index >= 15 is 0 Å². The van der Waals surface area contributed by atoms with Gasteiger partial charge < -0.3 is 10.1 Å². The molecule has 0 saturated carbocycles. The Morgan fingerprint density at radius 2 is 2.00 bits per heavy atom. The van der Waals surface area contributed by atoms with E-state index < -0.39 is 17.3 Å². The maximum Gasteiger partial charge on any atom is 0.350 e. The lowest BCUT2D eigenvalue weighted by molar-refractivity contribution is 0.0607. The Labute approximate surface area is 163 Å². The fraction of sp³-hybridized carbons (Fsp3) is 0.111. The molecule has 0 unspecified atom stereocenters. The van der Waals surface area contributed by atoms with E-state index in [4.69, 9.17) is 11.6 Å². The van der Waals surface area contributed by atoms with Gasteiger partial charge in [0.05, 0.1) is 23.5 Å². The summed E-state index contributed by atoms with van der Waals surface area (Å²) in [5.41, 5.74) is 0.459. The number of para-hydroxylation sites is 1. The van der Waals surface area contributed by atoms with Crippen LogP contribution in [0.3, 0.4) is 0 Å². The number of nitrogens with one attached hydrogen (secondary N) is 1. The van der Waals surface area contributed by atoms with Crippen LogP contribution < -0.4 is 10.7 Å².